The molecular weight excluding hydrogens is 396 g/mol. The number of hydrogen-bond acceptors (Lipinski definition) is 6. The summed E-state index contributed by atoms with van der Waals surface area (Å²) in [7, 11) is 7.48. The van der Waals surface area contributed by atoms with Gasteiger partial charge in [0.25, 0.3) is 0 Å². The van der Waals surface area contributed by atoms with Crippen molar-refractivity contribution in [3.63, 3.8) is 0 Å². The van der Waals surface area contributed by atoms with Gasteiger partial charge in [0, 0.05) is 0 Å². The van der Waals surface area contributed by atoms with Crippen molar-refractivity contribution in [2.75, 3.05) is 49.2 Å². The number of halogens is 2. The Balaban J connectivity index is 0.00000128. The average Bonchev–Trinajstić information content (AvgIpc) is 2.14. The van der Waals surface area contributed by atoms with Crippen LogP contribution in [0.25, 0.3) is 0 Å². The molecule has 0 unspecified atom stereocenters. The molecule has 0 aromatic heterocycles. The van der Waals surface area contributed by atoms with Crippen molar-refractivity contribution in [1.82, 2.24) is 4.90 Å². The summed E-state index contributed by atoms with van der Waals surface area (Å²) in [5.41, 5.74) is 5.65. The van der Waals surface area contributed by atoms with Crippen molar-refractivity contribution in [2.24, 2.45) is 5.73 Å². The van der Waals surface area contributed by atoms with E-state index in [4.69, 9.17) is 5.73 Å². The van der Waals surface area contributed by atoms with Crippen LogP contribution in [-0.2, 0) is 0 Å². The first-order valence-electron chi connectivity index (χ1n) is 5.33. The molecule has 17 heavy (non-hydrogen) atoms. The fourth-order valence-electron chi connectivity index (χ4n) is 1.67. The molecule has 0 atom stereocenters. The molecule has 0 aromatic carbocycles. The van der Waals surface area contributed by atoms with Gasteiger partial charge in [0.2, 0.25) is 0 Å². The van der Waals surface area contributed by atoms with Gasteiger partial charge in [-0.1, -0.05) is 0 Å². The van der Waals surface area contributed by atoms with Gasteiger partial charge in [-0.15, -0.1) is 24.8 Å². The van der Waals surface area contributed by atoms with Crippen LogP contribution in [0, 0.1) is 0 Å². The zero-order valence-corrected chi connectivity index (χ0v) is 16.6. The molecule has 3 rings (SSSR count). The first-order chi connectivity index (χ1) is 7.35. The van der Waals surface area contributed by atoms with Gasteiger partial charge in [-0.05, 0) is 0 Å². The van der Waals surface area contributed by atoms with Gasteiger partial charge < -0.3 is 0 Å². The Labute approximate surface area is 132 Å². The van der Waals surface area contributed by atoms with Crippen LogP contribution in [0.1, 0.15) is 0 Å². The summed E-state index contributed by atoms with van der Waals surface area (Å²) in [4.78, 5) is 2.63. The molecule has 0 amide bonds. The Hall–Kier alpha value is 2.44. The van der Waals surface area contributed by atoms with Gasteiger partial charge in [0.05, 0.1) is 0 Å². The van der Waals surface area contributed by atoms with Crippen molar-refractivity contribution in [2.45, 2.75) is 0 Å². The van der Waals surface area contributed by atoms with Crippen molar-refractivity contribution < 1.29 is 0 Å². The van der Waals surface area contributed by atoms with Crippen LogP contribution >= 0.6 is 65.2 Å². The molecule has 2 N–H and O–H groups in total. The minimum atomic E-state index is -1.73. The third kappa shape index (κ3) is 6.16. The van der Waals surface area contributed by atoms with E-state index in [9.17, 15) is 0 Å². The van der Waals surface area contributed by atoms with Crippen LogP contribution in [0.15, 0.2) is 0 Å². The summed E-state index contributed by atoms with van der Waals surface area (Å²) >= 11 is 0. The van der Waals surface area contributed by atoms with Crippen molar-refractivity contribution >= 4 is 73.9 Å². The molecule has 0 spiro atoms. The Morgan fingerprint density at radius 2 is 1.47 bits per heavy atom. The van der Waals surface area contributed by atoms with Gasteiger partial charge in [0.15, 0.2) is 0 Å². The van der Waals surface area contributed by atoms with E-state index >= 15 is 0 Å². The third-order valence-electron chi connectivity index (χ3n) is 2.46. The summed E-state index contributed by atoms with van der Waals surface area (Å²) in [6.45, 7) is 4.82. The molecular formula is C8H20Cl2GeN2S4. The monoisotopic (exact) mass is 416 g/mol. The molecule has 0 saturated carbocycles. The van der Waals surface area contributed by atoms with Gasteiger partial charge in [-0.25, -0.2) is 0 Å². The Bertz CT molecular complexity index is 183. The van der Waals surface area contributed by atoms with Crippen LogP contribution in [0.5, 0.6) is 0 Å². The SMILES string of the molecule is Cl.Cl.NCC[S][Ge]12[S]CCN(CC[S]1)CC[S]2. The van der Waals surface area contributed by atoms with E-state index in [1.54, 1.807) is 0 Å². The van der Waals surface area contributed by atoms with E-state index in [1.807, 2.05) is 0 Å². The van der Waals surface area contributed by atoms with E-state index in [-0.39, 0.29) is 24.8 Å². The summed E-state index contributed by atoms with van der Waals surface area (Å²) < 4.78 is 0. The molecule has 9 heteroatoms. The maximum atomic E-state index is 5.65. The summed E-state index contributed by atoms with van der Waals surface area (Å²) in [5.74, 6) is 5.25. The fourth-order valence-corrected chi connectivity index (χ4v) is 39.6. The van der Waals surface area contributed by atoms with Crippen LogP contribution < -0.4 is 5.73 Å². The van der Waals surface area contributed by atoms with Crippen molar-refractivity contribution in [3.8, 4) is 0 Å². The molecule has 2 bridgehead atoms. The van der Waals surface area contributed by atoms with E-state index in [0.29, 0.717) is 0 Å². The van der Waals surface area contributed by atoms with Gasteiger partial charge >= 0.3 is 109 Å². The van der Waals surface area contributed by atoms with Crippen molar-refractivity contribution in [3.05, 3.63) is 0 Å². The number of nitrogens with two attached hydrogens (primary N) is 1. The number of rotatable bonds is 3. The predicted octanol–water partition coefficient (Wildman–Crippen LogP) is 2.49. The Morgan fingerprint density at radius 1 is 1.00 bits per heavy atom. The molecule has 3 heterocycles. The second-order valence-corrected chi connectivity index (χ2v) is 36.5. The average molecular weight is 416 g/mol. The molecule has 104 valence electrons. The molecule has 0 aromatic rings. The van der Waals surface area contributed by atoms with E-state index < -0.39 is 8.70 Å². The first kappa shape index (κ1) is 19.4. The summed E-state index contributed by atoms with van der Waals surface area (Å²) in [5, 5.41) is 0. The van der Waals surface area contributed by atoms with E-state index in [2.05, 4.69) is 45.2 Å². The summed E-state index contributed by atoms with van der Waals surface area (Å²) in [6.07, 6.45) is 0. The normalized spacial score (nSPS) is 32.6. The molecule has 0 radical (unpaired) electrons. The molecule has 2 nitrogen and oxygen atoms in total. The number of fused-ring (bicyclic) bond motifs is 6. The zero-order valence-electron chi connectivity index (χ0n) is 9.63. The molecule has 3 aliphatic heterocycles. The topological polar surface area (TPSA) is 29.3 Å². The van der Waals surface area contributed by atoms with Crippen LogP contribution in [0.3, 0.4) is 0 Å². The van der Waals surface area contributed by atoms with Gasteiger partial charge in [-0.3, -0.25) is 0 Å². The second kappa shape index (κ2) is 10.2. The Kier molecular flexibility index (Phi) is 11.7. The maximum absolute atomic E-state index is 5.65. The van der Waals surface area contributed by atoms with Crippen LogP contribution in [0.4, 0.5) is 0 Å². The molecule has 0 aliphatic carbocycles. The minimum absolute atomic E-state index is 0. The first-order valence-corrected chi connectivity index (χ1v) is 19.5. The number of hydrogen-bond donors (Lipinski definition) is 1. The second-order valence-electron chi connectivity index (χ2n) is 3.52. The standard InChI is InChI=1S/C8H18GeN2S4.2ClH/c10-1-5-12-9-13-6-2-11(3-7-14-9)4-8-15-9;;/h1-8,10H2;2*1H. The predicted molar refractivity (Wildman–Crippen MR) is 95.6 cm³/mol. The Morgan fingerprint density at radius 3 is 1.88 bits per heavy atom. The van der Waals surface area contributed by atoms with Crippen molar-refractivity contribution in [1.29, 1.82) is 0 Å². The molecule has 3 saturated heterocycles. The van der Waals surface area contributed by atoms with E-state index in [0.717, 1.165) is 6.54 Å². The zero-order chi connectivity index (χ0) is 10.6. The third-order valence-corrected chi connectivity index (χ3v) is 41.6. The van der Waals surface area contributed by atoms with E-state index in [1.165, 1.54) is 42.6 Å². The van der Waals surface area contributed by atoms with Gasteiger partial charge in [0.1, 0.15) is 0 Å². The van der Waals surface area contributed by atoms with Gasteiger partial charge in [-0.2, -0.15) is 0 Å². The summed E-state index contributed by atoms with van der Waals surface area (Å²) in [6, 6.07) is 0. The molecule has 3 aliphatic rings. The van der Waals surface area contributed by atoms with Crippen LogP contribution in [0.2, 0.25) is 0 Å². The van der Waals surface area contributed by atoms with Crippen LogP contribution in [-0.4, -0.2) is 62.8 Å². The fraction of sp³-hybridized carbons (Fsp3) is 1.00. The number of nitrogens with zero attached hydrogens (tertiary/aromatic N) is 1. The quantitative estimate of drug-likeness (QED) is 0.712. The molecule has 3 fully saturated rings.